The summed E-state index contributed by atoms with van der Waals surface area (Å²) in [7, 11) is 0. The first-order chi connectivity index (χ1) is 28.5. The van der Waals surface area contributed by atoms with E-state index >= 15 is 0 Å². The number of rotatable bonds is 5. The molecule has 0 aliphatic heterocycles. The predicted octanol–water partition coefficient (Wildman–Crippen LogP) is 15.8. The first-order valence-corrected chi connectivity index (χ1v) is 20.3. The van der Waals surface area contributed by atoms with Gasteiger partial charge in [-0.15, -0.1) is 0 Å². The maximum Gasteiger partial charge on any atom is 0.143 e. The maximum absolute atomic E-state index is 6.94. The highest BCUT2D eigenvalue weighted by Gasteiger charge is 2.36. The lowest BCUT2D eigenvalue weighted by molar-refractivity contribution is 0.660. The van der Waals surface area contributed by atoms with Crippen LogP contribution in [0.1, 0.15) is 43.4 Å². The van der Waals surface area contributed by atoms with Crippen LogP contribution in [0.3, 0.4) is 0 Å². The molecule has 0 N–H and O–H groups in total. The summed E-state index contributed by atoms with van der Waals surface area (Å²) in [4.78, 5) is 2.45. The number of fused-ring (bicyclic) bond motifs is 11. The molecule has 2 aliphatic carbocycles. The molecule has 0 saturated heterocycles. The number of benzene rings is 8. The summed E-state index contributed by atoms with van der Waals surface area (Å²) in [6.07, 6.45) is 8.96. The molecule has 3 heteroatoms. The zero-order valence-corrected chi connectivity index (χ0v) is 32.4. The molecule has 0 fully saturated rings. The van der Waals surface area contributed by atoms with Crippen molar-refractivity contribution in [2.75, 3.05) is 4.90 Å². The minimum atomic E-state index is -0.144. The Bertz CT molecular complexity index is 3370. The van der Waals surface area contributed by atoms with Gasteiger partial charge in [-0.25, -0.2) is 0 Å². The minimum absolute atomic E-state index is 0.144. The van der Waals surface area contributed by atoms with Crippen LogP contribution >= 0.6 is 0 Å². The Morgan fingerprint density at radius 1 is 0.483 bits per heavy atom. The minimum Gasteiger partial charge on any atom is -0.456 e. The van der Waals surface area contributed by atoms with Crippen molar-refractivity contribution in [2.45, 2.75) is 32.1 Å². The number of allylic oxidation sites excluding steroid dienone is 4. The molecule has 0 radical (unpaired) electrons. The van der Waals surface area contributed by atoms with Gasteiger partial charge in [0.05, 0.1) is 5.69 Å². The molecular weight excluding hydrogens is 707 g/mol. The lowest BCUT2D eigenvalue weighted by Gasteiger charge is -2.29. The van der Waals surface area contributed by atoms with Crippen molar-refractivity contribution in [3.63, 3.8) is 0 Å². The van der Waals surface area contributed by atoms with Crippen molar-refractivity contribution in [2.24, 2.45) is 0 Å². The Labute approximate surface area is 336 Å². The average Bonchev–Trinajstić information content (AvgIpc) is 3.92. The predicted molar refractivity (Wildman–Crippen MR) is 243 cm³/mol. The van der Waals surface area contributed by atoms with Gasteiger partial charge in [-0.3, -0.25) is 0 Å². The molecule has 0 atom stereocenters. The molecule has 8 aromatic carbocycles. The third kappa shape index (κ3) is 4.80. The van der Waals surface area contributed by atoms with Crippen LogP contribution in [-0.2, 0) is 5.41 Å². The first-order valence-electron chi connectivity index (χ1n) is 20.3. The average molecular weight is 746 g/mol. The van der Waals surface area contributed by atoms with Gasteiger partial charge >= 0.3 is 0 Å². The van der Waals surface area contributed by atoms with Gasteiger partial charge in [0.2, 0.25) is 0 Å². The summed E-state index contributed by atoms with van der Waals surface area (Å²) in [5.74, 6) is 0. The monoisotopic (exact) mass is 745 g/mol. The van der Waals surface area contributed by atoms with Gasteiger partial charge in [0.1, 0.15) is 22.3 Å². The van der Waals surface area contributed by atoms with Crippen molar-refractivity contribution < 1.29 is 8.83 Å². The Hall–Kier alpha value is -7.10. The third-order valence-electron chi connectivity index (χ3n) is 12.7. The molecule has 276 valence electrons. The molecule has 2 aliphatic rings. The highest BCUT2D eigenvalue weighted by Crippen LogP contribution is 2.52. The summed E-state index contributed by atoms with van der Waals surface area (Å²) >= 11 is 0. The van der Waals surface area contributed by atoms with Crippen molar-refractivity contribution >= 4 is 77.3 Å². The van der Waals surface area contributed by atoms with Crippen molar-refractivity contribution in [1.82, 2.24) is 0 Å². The van der Waals surface area contributed by atoms with E-state index in [9.17, 15) is 0 Å². The highest BCUT2D eigenvalue weighted by molar-refractivity contribution is 6.21. The van der Waals surface area contributed by atoms with Crippen LogP contribution in [0.15, 0.2) is 185 Å². The lowest BCUT2D eigenvalue weighted by Crippen LogP contribution is -2.16. The van der Waals surface area contributed by atoms with Crippen LogP contribution in [0.25, 0.3) is 82.5 Å². The zero-order valence-electron chi connectivity index (χ0n) is 32.4. The maximum atomic E-state index is 6.94. The van der Waals surface area contributed by atoms with Crippen LogP contribution in [0.4, 0.5) is 17.1 Å². The number of furan rings is 2. The van der Waals surface area contributed by atoms with Crippen LogP contribution in [0, 0.1) is 0 Å². The molecule has 10 aromatic rings. The molecule has 0 unspecified atom stereocenters. The second kappa shape index (κ2) is 12.4. The highest BCUT2D eigenvalue weighted by atomic mass is 16.3. The van der Waals surface area contributed by atoms with Gasteiger partial charge < -0.3 is 13.7 Å². The summed E-state index contributed by atoms with van der Waals surface area (Å²) in [6.45, 7) is 4.71. The topological polar surface area (TPSA) is 29.5 Å². The van der Waals surface area contributed by atoms with Gasteiger partial charge in [-0.1, -0.05) is 147 Å². The van der Waals surface area contributed by atoms with Crippen LogP contribution in [0.2, 0.25) is 0 Å². The van der Waals surface area contributed by atoms with E-state index in [1.165, 1.54) is 27.8 Å². The molecule has 0 amide bonds. The fraction of sp³-hybridized carbons (Fsp3) is 0.0909. The van der Waals surface area contributed by atoms with Gasteiger partial charge in [0, 0.05) is 54.7 Å². The van der Waals surface area contributed by atoms with Crippen molar-refractivity contribution in [1.29, 1.82) is 0 Å². The fourth-order valence-corrected chi connectivity index (χ4v) is 9.89. The second-order valence-electron chi connectivity index (χ2n) is 16.3. The van der Waals surface area contributed by atoms with E-state index in [1.807, 2.05) is 12.1 Å². The molecule has 3 nitrogen and oxygen atoms in total. The summed E-state index contributed by atoms with van der Waals surface area (Å²) in [6, 6.07) is 57.3. The number of hydrogen-bond donors (Lipinski definition) is 0. The van der Waals surface area contributed by atoms with Crippen LogP contribution < -0.4 is 4.90 Å². The van der Waals surface area contributed by atoms with E-state index in [1.54, 1.807) is 0 Å². The van der Waals surface area contributed by atoms with E-state index in [4.69, 9.17) is 8.83 Å². The third-order valence-corrected chi connectivity index (χ3v) is 12.7. The fourth-order valence-electron chi connectivity index (χ4n) is 9.89. The normalized spacial score (nSPS) is 14.4. The quantitative estimate of drug-likeness (QED) is 0.176. The standard InChI is InChI=1S/C55H39NO2/c1-55(2)47-23-10-8-16-40(47)41-31-30-37(32-48(41)55)56(36-28-26-35(27-29-36)38-20-13-25-51-52(38)45-19-9-11-24-50(45)57-51)49-33-46-44-22-12-21-39(34-14-4-3-5-15-34)53(44)58-54(46)43-18-7-6-17-42(43)49/h4,6-33H,3,5H2,1-2H3. The van der Waals surface area contributed by atoms with E-state index < -0.39 is 0 Å². The van der Waals surface area contributed by atoms with E-state index in [2.05, 4.69) is 183 Å². The van der Waals surface area contributed by atoms with Gasteiger partial charge in [0.15, 0.2) is 0 Å². The largest absolute Gasteiger partial charge is 0.456 e. The van der Waals surface area contributed by atoms with Crippen molar-refractivity contribution in [3.05, 3.63) is 193 Å². The SMILES string of the molecule is CC1(C)c2ccccc2-c2ccc(N(c3ccc(-c4cccc5oc6ccccc6c45)cc3)c3cc4c5cccc(C6=CCCC=C6)c5oc4c4ccccc34)cc21. The molecule has 12 rings (SSSR count). The number of hydrogen-bond acceptors (Lipinski definition) is 3. The number of nitrogens with zero attached hydrogens (tertiary/aromatic N) is 1. The van der Waals surface area contributed by atoms with E-state index in [-0.39, 0.29) is 5.41 Å². The van der Waals surface area contributed by atoms with Crippen LogP contribution in [-0.4, -0.2) is 0 Å². The molecule has 0 bridgehead atoms. The number of para-hydroxylation sites is 2. The summed E-state index contributed by atoms with van der Waals surface area (Å²) in [5.41, 5.74) is 16.8. The smallest absolute Gasteiger partial charge is 0.143 e. The molecular formula is C55H39NO2. The van der Waals surface area contributed by atoms with Gasteiger partial charge in [-0.2, -0.15) is 0 Å². The van der Waals surface area contributed by atoms with E-state index in [0.717, 1.165) is 101 Å². The Kier molecular flexibility index (Phi) is 7.10. The molecule has 2 heterocycles. The molecule has 0 saturated carbocycles. The second-order valence-corrected chi connectivity index (χ2v) is 16.3. The van der Waals surface area contributed by atoms with Crippen LogP contribution in [0.5, 0.6) is 0 Å². The first kappa shape index (κ1) is 33.1. The van der Waals surface area contributed by atoms with Gasteiger partial charge in [0.25, 0.3) is 0 Å². The molecule has 0 spiro atoms. The number of anilines is 3. The Balaban J connectivity index is 1.09. The summed E-state index contributed by atoms with van der Waals surface area (Å²) in [5, 5.41) is 6.74. The Morgan fingerprint density at radius 2 is 1.16 bits per heavy atom. The summed E-state index contributed by atoms with van der Waals surface area (Å²) < 4.78 is 13.2. The van der Waals surface area contributed by atoms with Gasteiger partial charge in [-0.05, 0) is 94.3 Å². The van der Waals surface area contributed by atoms with E-state index in [0.29, 0.717) is 0 Å². The molecule has 2 aromatic heterocycles. The lowest BCUT2D eigenvalue weighted by atomic mass is 9.82. The molecule has 58 heavy (non-hydrogen) atoms. The van der Waals surface area contributed by atoms with Crippen molar-refractivity contribution in [3.8, 4) is 22.3 Å². The zero-order chi connectivity index (χ0) is 38.5. The Morgan fingerprint density at radius 3 is 2.02 bits per heavy atom.